The molecule has 0 atom stereocenters. The van der Waals surface area contributed by atoms with Gasteiger partial charge in [-0.25, -0.2) is 0 Å². The Bertz CT molecular complexity index is 431. The van der Waals surface area contributed by atoms with Crippen LogP contribution in [-0.4, -0.2) is 44.2 Å². The van der Waals surface area contributed by atoms with E-state index in [1.54, 1.807) is 0 Å². The smallest absolute Gasteiger partial charge is 0.313 e. The molecule has 0 saturated heterocycles. The van der Waals surface area contributed by atoms with E-state index in [4.69, 9.17) is 5.11 Å². The van der Waals surface area contributed by atoms with Crippen molar-refractivity contribution in [3.8, 4) is 0 Å². The van der Waals surface area contributed by atoms with Crippen molar-refractivity contribution in [1.29, 1.82) is 0 Å². The summed E-state index contributed by atoms with van der Waals surface area (Å²) in [5.74, 6) is -0.117. The first-order valence-corrected chi connectivity index (χ1v) is 6.76. The summed E-state index contributed by atoms with van der Waals surface area (Å²) in [5.41, 5.74) is -0.0183. The van der Waals surface area contributed by atoms with Gasteiger partial charge in [-0.1, -0.05) is 18.7 Å². The summed E-state index contributed by atoms with van der Waals surface area (Å²) in [7, 11) is 3.82. The highest BCUT2D eigenvalue weighted by Gasteiger charge is 2.25. The normalized spacial score (nSPS) is 11.6. The minimum Gasteiger partial charge on any atom is -0.481 e. The van der Waals surface area contributed by atoms with E-state index >= 15 is 0 Å². The Labute approximate surface area is 111 Å². The van der Waals surface area contributed by atoms with Crippen LogP contribution >= 0.6 is 11.8 Å². The van der Waals surface area contributed by atoms with Crippen molar-refractivity contribution in [1.82, 2.24) is 14.8 Å². The first-order chi connectivity index (χ1) is 8.29. The highest BCUT2D eigenvalue weighted by molar-refractivity contribution is 7.99. The SMILES string of the molecule is CCC(C)(C)N(C)c1nnc(SCC(=O)O)n1C. The van der Waals surface area contributed by atoms with Gasteiger partial charge in [0.1, 0.15) is 0 Å². The van der Waals surface area contributed by atoms with Crippen molar-refractivity contribution >= 4 is 23.7 Å². The Hall–Kier alpha value is -1.24. The van der Waals surface area contributed by atoms with Crippen LogP contribution in [0.2, 0.25) is 0 Å². The van der Waals surface area contributed by atoms with Gasteiger partial charge in [-0.05, 0) is 20.3 Å². The predicted molar refractivity (Wildman–Crippen MR) is 72.1 cm³/mol. The van der Waals surface area contributed by atoms with Crippen LogP contribution in [-0.2, 0) is 11.8 Å². The second kappa shape index (κ2) is 5.60. The van der Waals surface area contributed by atoms with E-state index in [2.05, 4.69) is 35.9 Å². The van der Waals surface area contributed by atoms with Crippen LogP contribution in [0.1, 0.15) is 27.2 Å². The number of carboxylic acids is 1. The number of hydrogen-bond donors (Lipinski definition) is 1. The summed E-state index contributed by atoms with van der Waals surface area (Å²) in [6.07, 6.45) is 0.980. The summed E-state index contributed by atoms with van der Waals surface area (Å²) in [5, 5.41) is 17.4. The molecule has 0 aliphatic heterocycles. The zero-order chi connectivity index (χ0) is 13.9. The van der Waals surface area contributed by atoms with E-state index in [0.29, 0.717) is 5.16 Å². The molecule has 0 spiro atoms. The number of carbonyl (C=O) groups is 1. The maximum atomic E-state index is 10.5. The van der Waals surface area contributed by atoms with Gasteiger partial charge in [0.15, 0.2) is 5.16 Å². The minimum atomic E-state index is -0.855. The molecule has 0 aliphatic rings. The molecule has 1 rings (SSSR count). The molecule has 0 radical (unpaired) electrons. The number of anilines is 1. The Balaban J connectivity index is 2.89. The number of nitrogens with zero attached hydrogens (tertiary/aromatic N) is 4. The van der Waals surface area contributed by atoms with Crippen molar-refractivity contribution < 1.29 is 9.90 Å². The van der Waals surface area contributed by atoms with E-state index in [0.717, 1.165) is 12.4 Å². The predicted octanol–water partition coefficient (Wildman–Crippen LogP) is 1.62. The molecule has 0 fully saturated rings. The number of aliphatic carboxylic acids is 1. The number of rotatable bonds is 6. The third-order valence-electron chi connectivity index (χ3n) is 3.21. The van der Waals surface area contributed by atoms with Gasteiger partial charge < -0.3 is 10.0 Å². The molecule has 1 N–H and O–H groups in total. The van der Waals surface area contributed by atoms with Crippen LogP contribution in [0.25, 0.3) is 0 Å². The summed E-state index contributed by atoms with van der Waals surface area (Å²) in [6, 6.07) is 0. The Kier molecular flexibility index (Phi) is 4.61. The van der Waals surface area contributed by atoms with E-state index in [-0.39, 0.29) is 11.3 Å². The number of hydrogen-bond acceptors (Lipinski definition) is 5. The maximum Gasteiger partial charge on any atom is 0.313 e. The van der Waals surface area contributed by atoms with Crippen LogP contribution in [0.5, 0.6) is 0 Å². The lowest BCUT2D eigenvalue weighted by Crippen LogP contribution is -2.42. The third-order valence-corrected chi connectivity index (χ3v) is 4.21. The molecule has 0 amide bonds. The monoisotopic (exact) mass is 272 g/mol. The van der Waals surface area contributed by atoms with Gasteiger partial charge in [-0.2, -0.15) is 0 Å². The van der Waals surface area contributed by atoms with E-state index < -0.39 is 5.97 Å². The molecule has 0 unspecified atom stereocenters. The molecule has 0 aliphatic carbocycles. The van der Waals surface area contributed by atoms with Crippen LogP contribution in [0.3, 0.4) is 0 Å². The standard InChI is InChI=1S/C11H20N4O2S/c1-6-11(2,3)15(5)9-12-13-10(14(9)4)18-7-8(16)17/h6-7H2,1-5H3,(H,16,17). The fraction of sp³-hybridized carbons (Fsp3) is 0.727. The first kappa shape index (κ1) is 14.8. The molecule has 18 heavy (non-hydrogen) atoms. The first-order valence-electron chi connectivity index (χ1n) is 5.77. The van der Waals surface area contributed by atoms with Crippen molar-refractivity contribution in [3.05, 3.63) is 0 Å². The Morgan fingerprint density at radius 1 is 1.50 bits per heavy atom. The summed E-state index contributed by atoms with van der Waals surface area (Å²) in [4.78, 5) is 12.6. The number of carboxylic acid groups (broad SMARTS) is 1. The van der Waals surface area contributed by atoms with Gasteiger partial charge in [0.25, 0.3) is 0 Å². The van der Waals surface area contributed by atoms with Crippen molar-refractivity contribution in [2.45, 2.75) is 37.9 Å². The maximum absolute atomic E-state index is 10.5. The molecule has 0 saturated carbocycles. The average molecular weight is 272 g/mol. The zero-order valence-electron chi connectivity index (χ0n) is 11.5. The fourth-order valence-electron chi connectivity index (χ4n) is 1.36. The average Bonchev–Trinajstić information content (AvgIpc) is 2.67. The number of thioether (sulfide) groups is 1. The summed E-state index contributed by atoms with van der Waals surface area (Å²) >= 11 is 1.17. The van der Waals surface area contributed by atoms with E-state index in [1.165, 1.54) is 11.8 Å². The molecule has 1 aromatic rings. The highest BCUT2D eigenvalue weighted by Crippen LogP contribution is 2.25. The molecule has 1 heterocycles. The van der Waals surface area contributed by atoms with Crippen molar-refractivity contribution in [3.63, 3.8) is 0 Å². The molecule has 6 nitrogen and oxygen atoms in total. The van der Waals surface area contributed by atoms with Crippen molar-refractivity contribution in [2.75, 3.05) is 17.7 Å². The lowest BCUT2D eigenvalue weighted by atomic mass is 10.0. The largest absolute Gasteiger partial charge is 0.481 e. The second-order valence-electron chi connectivity index (χ2n) is 4.75. The molecule has 0 bridgehead atoms. The van der Waals surface area contributed by atoms with Crippen LogP contribution in [0, 0.1) is 0 Å². The van der Waals surface area contributed by atoms with Crippen molar-refractivity contribution in [2.24, 2.45) is 7.05 Å². The second-order valence-corrected chi connectivity index (χ2v) is 5.69. The van der Waals surface area contributed by atoms with Crippen LogP contribution < -0.4 is 4.90 Å². The van der Waals surface area contributed by atoms with Gasteiger partial charge in [0.2, 0.25) is 5.95 Å². The van der Waals surface area contributed by atoms with Gasteiger partial charge in [0.05, 0.1) is 5.75 Å². The van der Waals surface area contributed by atoms with E-state index in [1.807, 2.05) is 18.7 Å². The van der Waals surface area contributed by atoms with Gasteiger partial charge in [-0.15, -0.1) is 10.2 Å². The lowest BCUT2D eigenvalue weighted by Gasteiger charge is -2.35. The number of aromatic nitrogens is 3. The Morgan fingerprint density at radius 2 is 2.11 bits per heavy atom. The molecular weight excluding hydrogens is 252 g/mol. The fourth-order valence-corrected chi connectivity index (χ4v) is 1.99. The molecular formula is C11H20N4O2S. The topological polar surface area (TPSA) is 71.2 Å². The molecule has 1 aromatic heterocycles. The van der Waals surface area contributed by atoms with Crippen LogP contribution in [0.4, 0.5) is 5.95 Å². The molecule has 7 heteroatoms. The third kappa shape index (κ3) is 3.16. The summed E-state index contributed by atoms with van der Waals surface area (Å²) in [6.45, 7) is 6.38. The minimum absolute atomic E-state index is 0.00709. The lowest BCUT2D eigenvalue weighted by molar-refractivity contribution is -0.133. The zero-order valence-corrected chi connectivity index (χ0v) is 12.3. The highest BCUT2D eigenvalue weighted by atomic mass is 32.2. The Morgan fingerprint density at radius 3 is 2.61 bits per heavy atom. The van der Waals surface area contributed by atoms with Gasteiger partial charge in [-0.3, -0.25) is 9.36 Å². The molecule has 0 aromatic carbocycles. The van der Waals surface area contributed by atoms with E-state index in [9.17, 15) is 4.79 Å². The van der Waals surface area contributed by atoms with Gasteiger partial charge in [0, 0.05) is 19.6 Å². The molecule has 102 valence electrons. The quantitative estimate of drug-likeness (QED) is 0.793. The summed E-state index contributed by atoms with van der Waals surface area (Å²) < 4.78 is 1.82. The van der Waals surface area contributed by atoms with Gasteiger partial charge >= 0.3 is 5.97 Å². The van der Waals surface area contributed by atoms with Crippen LogP contribution in [0.15, 0.2) is 5.16 Å².